The molecule has 0 bridgehead atoms. The van der Waals surface area contributed by atoms with E-state index in [2.05, 4.69) is 59.9 Å². The smallest absolute Gasteiger partial charge is 0.0214 e. The summed E-state index contributed by atoms with van der Waals surface area (Å²) in [4.78, 5) is 0. The number of nitrogens with one attached hydrogen (secondary N) is 1. The quantitative estimate of drug-likeness (QED) is 0.847. The molecule has 92 valence electrons. The summed E-state index contributed by atoms with van der Waals surface area (Å²) in [6, 6.07) is 20.1. The lowest BCUT2D eigenvalue weighted by Gasteiger charge is -2.27. The summed E-state index contributed by atoms with van der Waals surface area (Å²) in [6.45, 7) is 0.982. The van der Waals surface area contributed by atoms with Gasteiger partial charge in [0.1, 0.15) is 0 Å². The molecule has 1 aliphatic carbocycles. The molecule has 1 N–H and O–H groups in total. The largest absolute Gasteiger partial charge is 0.310 e. The molecular formula is C17H19N. The molecule has 0 radical (unpaired) electrons. The van der Waals surface area contributed by atoms with Gasteiger partial charge in [0, 0.05) is 12.6 Å². The molecule has 1 fully saturated rings. The summed E-state index contributed by atoms with van der Waals surface area (Å²) in [5.74, 6) is 0. The lowest BCUT2D eigenvalue weighted by atomic mass is 9.92. The second kappa shape index (κ2) is 5.36. The molecule has 0 unspecified atom stereocenters. The van der Waals surface area contributed by atoms with Gasteiger partial charge in [-0.3, -0.25) is 0 Å². The summed E-state index contributed by atoms with van der Waals surface area (Å²) < 4.78 is 0. The summed E-state index contributed by atoms with van der Waals surface area (Å²) in [6.07, 6.45) is 4.07. The predicted molar refractivity (Wildman–Crippen MR) is 76.4 cm³/mol. The maximum absolute atomic E-state index is 3.65. The van der Waals surface area contributed by atoms with Crippen LogP contribution in [0.15, 0.2) is 54.6 Å². The third-order valence-corrected chi connectivity index (χ3v) is 3.79. The fourth-order valence-corrected chi connectivity index (χ4v) is 2.44. The molecule has 0 amide bonds. The van der Waals surface area contributed by atoms with Crippen LogP contribution in [-0.4, -0.2) is 6.04 Å². The van der Waals surface area contributed by atoms with E-state index in [0.29, 0.717) is 0 Å². The third kappa shape index (κ3) is 2.46. The minimum absolute atomic E-state index is 0.744. The molecule has 0 atom stereocenters. The minimum Gasteiger partial charge on any atom is -0.310 e. The van der Waals surface area contributed by atoms with Crippen LogP contribution < -0.4 is 5.32 Å². The monoisotopic (exact) mass is 237 g/mol. The van der Waals surface area contributed by atoms with Crippen LogP contribution in [0.5, 0.6) is 0 Å². The highest BCUT2D eigenvalue weighted by atomic mass is 14.9. The average molecular weight is 237 g/mol. The van der Waals surface area contributed by atoms with Crippen LogP contribution in [0.1, 0.15) is 24.8 Å². The van der Waals surface area contributed by atoms with Gasteiger partial charge in [0.25, 0.3) is 0 Å². The Kier molecular flexibility index (Phi) is 3.42. The van der Waals surface area contributed by atoms with E-state index in [1.807, 2.05) is 0 Å². The third-order valence-electron chi connectivity index (χ3n) is 3.79. The normalized spacial score (nSPS) is 15.3. The van der Waals surface area contributed by atoms with Crippen molar-refractivity contribution in [3.63, 3.8) is 0 Å². The first kappa shape index (κ1) is 11.5. The Hall–Kier alpha value is -1.60. The summed E-state index contributed by atoms with van der Waals surface area (Å²) in [5.41, 5.74) is 4.06. The lowest BCUT2D eigenvalue weighted by molar-refractivity contribution is 0.338. The van der Waals surface area contributed by atoms with Crippen molar-refractivity contribution in [1.82, 2.24) is 5.32 Å². The first-order chi connectivity index (χ1) is 8.93. The molecule has 1 heteroatoms. The van der Waals surface area contributed by atoms with E-state index in [4.69, 9.17) is 0 Å². The zero-order valence-corrected chi connectivity index (χ0v) is 10.6. The molecule has 18 heavy (non-hydrogen) atoms. The summed E-state index contributed by atoms with van der Waals surface area (Å²) >= 11 is 0. The Morgan fingerprint density at radius 3 is 2.33 bits per heavy atom. The number of rotatable bonds is 4. The Morgan fingerprint density at radius 1 is 0.889 bits per heavy atom. The van der Waals surface area contributed by atoms with Crippen molar-refractivity contribution in [3.05, 3.63) is 60.2 Å². The van der Waals surface area contributed by atoms with Gasteiger partial charge in [-0.1, -0.05) is 61.0 Å². The van der Waals surface area contributed by atoms with Gasteiger partial charge in [-0.05, 0) is 29.5 Å². The van der Waals surface area contributed by atoms with E-state index in [1.54, 1.807) is 0 Å². The van der Waals surface area contributed by atoms with E-state index in [9.17, 15) is 0 Å². The molecule has 3 rings (SSSR count). The first-order valence-electron chi connectivity index (χ1n) is 6.80. The van der Waals surface area contributed by atoms with E-state index in [1.165, 1.54) is 36.0 Å². The van der Waals surface area contributed by atoms with Crippen molar-refractivity contribution < 1.29 is 0 Å². The van der Waals surface area contributed by atoms with Crippen LogP contribution in [0.25, 0.3) is 11.1 Å². The first-order valence-corrected chi connectivity index (χ1v) is 6.80. The lowest BCUT2D eigenvalue weighted by Crippen LogP contribution is -2.34. The second-order valence-electron chi connectivity index (χ2n) is 5.03. The molecule has 2 aromatic carbocycles. The van der Waals surface area contributed by atoms with Gasteiger partial charge in [0.15, 0.2) is 0 Å². The van der Waals surface area contributed by atoms with Crippen molar-refractivity contribution in [2.75, 3.05) is 0 Å². The zero-order chi connectivity index (χ0) is 12.2. The highest BCUT2D eigenvalue weighted by Gasteiger charge is 2.16. The van der Waals surface area contributed by atoms with Gasteiger partial charge < -0.3 is 5.32 Å². The molecular weight excluding hydrogens is 218 g/mol. The highest BCUT2D eigenvalue weighted by Crippen LogP contribution is 2.24. The fourth-order valence-electron chi connectivity index (χ4n) is 2.44. The summed E-state index contributed by atoms with van der Waals surface area (Å²) in [5, 5.41) is 3.65. The van der Waals surface area contributed by atoms with E-state index >= 15 is 0 Å². The minimum atomic E-state index is 0.744. The average Bonchev–Trinajstić information content (AvgIpc) is 2.39. The Morgan fingerprint density at radius 2 is 1.61 bits per heavy atom. The standard InChI is InChI=1S/C17H19N/c1-2-7-14(8-3-1)17-12-5-4-9-15(17)13-18-16-10-6-11-16/h1-5,7-9,12,16,18H,6,10-11,13H2. The van der Waals surface area contributed by atoms with E-state index < -0.39 is 0 Å². The number of hydrogen-bond acceptors (Lipinski definition) is 1. The van der Waals surface area contributed by atoms with E-state index in [0.717, 1.165) is 12.6 Å². The van der Waals surface area contributed by atoms with Crippen LogP contribution in [0.2, 0.25) is 0 Å². The van der Waals surface area contributed by atoms with Gasteiger partial charge in [0.2, 0.25) is 0 Å². The molecule has 0 spiro atoms. The van der Waals surface area contributed by atoms with Crippen LogP contribution in [0.3, 0.4) is 0 Å². The molecule has 0 heterocycles. The van der Waals surface area contributed by atoms with Crippen LogP contribution in [-0.2, 0) is 6.54 Å². The predicted octanol–water partition coefficient (Wildman–Crippen LogP) is 4.00. The van der Waals surface area contributed by atoms with Crippen LogP contribution >= 0.6 is 0 Å². The molecule has 1 nitrogen and oxygen atoms in total. The van der Waals surface area contributed by atoms with Gasteiger partial charge in [0.05, 0.1) is 0 Å². The molecule has 0 aromatic heterocycles. The van der Waals surface area contributed by atoms with Gasteiger partial charge in [-0.15, -0.1) is 0 Å². The topological polar surface area (TPSA) is 12.0 Å². The van der Waals surface area contributed by atoms with Gasteiger partial charge >= 0.3 is 0 Å². The molecule has 0 aliphatic heterocycles. The SMILES string of the molecule is c1ccc(-c2ccccc2CNC2CCC2)cc1. The van der Waals surface area contributed by atoms with Crippen LogP contribution in [0.4, 0.5) is 0 Å². The fraction of sp³-hybridized carbons (Fsp3) is 0.294. The van der Waals surface area contributed by atoms with Crippen molar-refractivity contribution >= 4 is 0 Å². The molecule has 1 aliphatic rings. The Bertz CT molecular complexity index is 500. The Labute approximate surface area is 109 Å². The van der Waals surface area contributed by atoms with Crippen LogP contribution in [0, 0.1) is 0 Å². The van der Waals surface area contributed by atoms with Crippen molar-refractivity contribution in [2.45, 2.75) is 31.8 Å². The molecule has 1 saturated carbocycles. The maximum Gasteiger partial charge on any atom is 0.0214 e. The van der Waals surface area contributed by atoms with Crippen molar-refractivity contribution in [1.29, 1.82) is 0 Å². The van der Waals surface area contributed by atoms with E-state index in [-0.39, 0.29) is 0 Å². The van der Waals surface area contributed by atoms with Gasteiger partial charge in [-0.25, -0.2) is 0 Å². The highest BCUT2D eigenvalue weighted by molar-refractivity contribution is 5.67. The Balaban J connectivity index is 1.80. The van der Waals surface area contributed by atoms with Crippen molar-refractivity contribution in [3.8, 4) is 11.1 Å². The van der Waals surface area contributed by atoms with Crippen molar-refractivity contribution in [2.24, 2.45) is 0 Å². The van der Waals surface area contributed by atoms with Gasteiger partial charge in [-0.2, -0.15) is 0 Å². The second-order valence-corrected chi connectivity index (χ2v) is 5.03. The molecule has 0 saturated heterocycles. The number of benzene rings is 2. The maximum atomic E-state index is 3.65. The molecule has 2 aromatic rings. The number of hydrogen-bond donors (Lipinski definition) is 1. The zero-order valence-electron chi connectivity index (χ0n) is 10.6. The summed E-state index contributed by atoms with van der Waals surface area (Å²) in [7, 11) is 0.